The average Bonchev–Trinajstić information content (AvgIpc) is 2.72. The minimum atomic E-state index is -0.574. The lowest BCUT2D eigenvalue weighted by atomic mass is 10.1. The summed E-state index contributed by atoms with van der Waals surface area (Å²) in [4.78, 5) is 28.1. The number of benzene rings is 2. The van der Waals surface area contributed by atoms with Gasteiger partial charge in [-0.15, -0.1) is 0 Å². The summed E-state index contributed by atoms with van der Waals surface area (Å²) in [5, 5.41) is 8.72. The van der Waals surface area contributed by atoms with Gasteiger partial charge < -0.3 is 9.64 Å². The van der Waals surface area contributed by atoms with E-state index >= 15 is 0 Å². The molecular weight excluding hydrogens is 414 g/mol. The number of urea groups is 1. The number of hydroxylamine groups is 1. The first-order valence-electron chi connectivity index (χ1n) is 8.51. The standard InChI is InChI=1S/C19H20BrN3O4/c20-16-2-1-3-17(12-16)23(19(25)22-8-10-27-11-9-22)13-14-4-6-15(7-5-14)18(24)21-26/h1-7,12,26H,8-11,13H2,(H,21,24). The first-order valence-corrected chi connectivity index (χ1v) is 9.31. The molecule has 2 aromatic rings. The van der Waals surface area contributed by atoms with Crippen molar-refractivity contribution in [1.29, 1.82) is 0 Å². The molecule has 0 bridgehead atoms. The molecule has 0 spiro atoms. The Bertz CT molecular complexity index is 807. The zero-order chi connectivity index (χ0) is 19.2. The van der Waals surface area contributed by atoms with E-state index in [9.17, 15) is 9.59 Å². The van der Waals surface area contributed by atoms with Gasteiger partial charge in [-0.3, -0.25) is 14.9 Å². The van der Waals surface area contributed by atoms with Crippen LogP contribution in [0.4, 0.5) is 10.5 Å². The lowest BCUT2D eigenvalue weighted by Gasteiger charge is -2.33. The second-order valence-corrected chi connectivity index (χ2v) is 7.00. The maximum Gasteiger partial charge on any atom is 0.324 e. The van der Waals surface area contributed by atoms with Crippen LogP contribution in [0.5, 0.6) is 0 Å². The molecule has 0 unspecified atom stereocenters. The van der Waals surface area contributed by atoms with E-state index < -0.39 is 5.91 Å². The van der Waals surface area contributed by atoms with Crippen LogP contribution in [-0.4, -0.2) is 48.3 Å². The molecule has 7 nitrogen and oxygen atoms in total. The summed E-state index contributed by atoms with van der Waals surface area (Å²) >= 11 is 3.45. The summed E-state index contributed by atoms with van der Waals surface area (Å²) in [7, 11) is 0. The molecule has 2 N–H and O–H groups in total. The second-order valence-electron chi connectivity index (χ2n) is 6.09. The largest absolute Gasteiger partial charge is 0.378 e. The number of amides is 3. The first kappa shape index (κ1) is 19.3. The molecule has 0 aromatic heterocycles. The van der Waals surface area contributed by atoms with Crippen molar-refractivity contribution in [3.8, 4) is 0 Å². The van der Waals surface area contributed by atoms with Crippen molar-refractivity contribution in [2.75, 3.05) is 31.2 Å². The van der Waals surface area contributed by atoms with Gasteiger partial charge in [0.25, 0.3) is 5.91 Å². The van der Waals surface area contributed by atoms with Crippen molar-refractivity contribution in [3.63, 3.8) is 0 Å². The number of morpholine rings is 1. The third-order valence-electron chi connectivity index (χ3n) is 4.29. The van der Waals surface area contributed by atoms with Crippen LogP contribution in [0, 0.1) is 0 Å². The van der Waals surface area contributed by atoms with Crippen molar-refractivity contribution < 1.29 is 19.5 Å². The number of carbonyl (C=O) groups is 2. The molecule has 0 atom stereocenters. The van der Waals surface area contributed by atoms with E-state index in [1.807, 2.05) is 24.3 Å². The molecule has 142 valence electrons. The highest BCUT2D eigenvalue weighted by Gasteiger charge is 2.24. The van der Waals surface area contributed by atoms with Gasteiger partial charge in [0.1, 0.15) is 0 Å². The summed E-state index contributed by atoms with van der Waals surface area (Å²) in [5.74, 6) is -0.574. The van der Waals surface area contributed by atoms with Crippen molar-refractivity contribution in [1.82, 2.24) is 10.4 Å². The van der Waals surface area contributed by atoms with Crippen molar-refractivity contribution in [2.24, 2.45) is 0 Å². The Morgan fingerprint density at radius 2 is 1.85 bits per heavy atom. The van der Waals surface area contributed by atoms with Gasteiger partial charge in [0.05, 0.1) is 19.8 Å². The number of halogens is 1. The van der Waals surface area contributed by atoms with Crippen LogP contribution < -0.4 is 10.4 Å². The van der Waals surface area contributed by atoms with Gasteiger partial charge >= 0.3 is 6.03 Å². The topological polar surface area (TPSA) is 82.1 Å². The Hall–Kier alpha value is -2.42. The molecule has 0 radical (unpaired) electrons. The number of ether oxygens (including phenoxy) is 1. The van der Waals surface area contributed by atoms with Crippen LogP contribution >= 0.6 is 15.9 Å². The molecule has 1 aliphatic rings. The lowest BCUT2D eigenvalue weighted by Crippen LogP contribution is -2.48. The predicted octanol–water partition coefficient (Wildman–Crippen LogP) is 3.03. The maximum atomic E-state index is 13.1. The SMILES string of the molecule is O=C(NO)c1ccc(CN(C(=O)N2CCOCC2)c2cccc(Br)c2)cc1. The van der Waals surface area contributed by atoms with Crippen molar-refractivity contribution >= 4 is 33.6 Å². The second kappa shape index (κ2) is 8.98. The van der Waals surface area contributed by atoms with Crippen LogP contribution in [0.1, 0.15) is 15.9 Å². The van der Waals surface area contributed by atoms with E-state index in [-0.39, 0.29) is 6.03 Å². The minimum absolute atomic E-state index is 0.0893. The van der Waals surface area contributed by atoms with E-state index in [0.717, 1.165) is 15.7 Å². The van der Waals surface area contributed by atoms with Gasteiger partial charge in [-0.05, 0) is 35.9 Å². The summed E-state index contributed by atoms with van der Waals surface area (Å²) < 4.78 is 6.22. The number of carbonyl (C=O) groups excluding carboxylic acids is 2. The molecule has 1 heterocycles. The third-order valence-corrected chi connectivity index (χ3v) is 4.78. The summed E-state index contributed by atoms with van der Waals surface area (Å²) in [6.07, 6.45) is 0. The summed E-state index contributed by atoms with van der Waals surface area (Å²) in [5.41, 5.74) is 3.59. The molecule has 1 saturated heterocycles. The fourth-order valence-electron chi connectivity index (χ4n) is 2.85. The number of rotatable bonds is 4. The molecular formula is C19H20BrN3O4. The van der Waals surface area contributed by atoms with Gasteiger partial charge in [-0.2, -0.15) is 0 Å². The molecule has 3 amide bonds. The zero-order valence-electron chi connectivity index (χ0n) is 14.6. The van der Waals surface area contributed by atoms with Gasteiger partial charge in [-0.25, -0.2) is 10.3 Å². The Balaban J connectivity index is 1.85. The van der Waals surface area contributed by atoms with Gasteiger partial charge in [0.2, 0.25) is 0 Å². The van der Waals surface area contributed by atoms with Crippen LogP contribution in [-0.2, 0) is 11.3 Å². The molecule has 0 aliphatic carbocycles. The van der Waals surface area contributed by atoms with Crippen LogP contribution in [0.15, 0.2) is 53.0 Å². The predicted molar refractivity (Wildman–Crippen MR) is 104 cm³/mol. The fraction of sp³-hybridized carbons (Fsp3) is 0.263. The smallest absolute Gasteiger partial charge is 0.324 e. The average molecular weight is 434 g/mol. The Labute approximate surface area is 165 Å². The molecule has 3 rings (SSSR count). The highest BCUT2D eigenvalue weighted by atomic mass is 79.9. The molecule has 27 heavy (non-hydrogen) atoms. The Morgan fingerprint density at radius 3 is 2.48 bits per heavy atom. The first-order chi connectivity index (χ1) is 13.1. The number of hydrogen-bond donors (Lipinski definition) is 2. The minimum Gasteiger partial charge on any atom is -0.378 e. The summed E-state index contributed by atoms with van der Waals surface area (Å²) in [6.45, 7) is 2.53. The fourth-order valence-corrected chi connectivity index (χ4v) is 3.23. The van der Waals surface area contributed by atoms with E-state index in [2.05, 4.69) is 15.9 Å². The highest BCUT2D eigenvalue weighted by Crippen LogP contribution is 2.24. The Morgan fingerprint density at radius 1 is 1.15 bits per heavy atom. The van der Waals surface area contributed by atoms with Crippen LogP contribution in [0.2, 0.25) is 0 Å². The molecule has 2 aromatic carbocycles. The highest BCUT2D eigenvalue weighted by molar-refractivity contribution is 9.10. The van der Waals surface area contributed by atoms with Crippen molar-refractivity contribution in [2.45, 2.75) is 6.54 Å². The molecule has 1 aliphatic heterocycles. The molecule has 0 saturated carbocycles. The number of nitrogens with one attached hydrogen (secondary N) is 1. The number of hydrogen-bond acceptors (Lipinski definition) is 4. The van der Waals surface area contributed by atoms with Crippen LogP contribution in [0.25, 0.3) is 0 Å². The van der Waals surface area contributed by atoms with E-state index in [4.69, 9.17) is 9.94 Å². The van der Waals surface area contributed by atoms with Crippen LogP contribution in [0.3, 0.4) is 0 Å². The third kappa shape index (κ3) is 4.85. The van der Waals surface area contributed by atoms with E-state index in [1.165, 1.54) is 0 Å². The van der Waals surface area contributed by atoms with Gasteiger partial charge in [-0.1, -0.05) is 34.1 Å². The van der Waals surface area contributed by atoms with Gasteiger partial charge in [0, 0.05) is 28.8 Å². The monoisotopic (exact) mass is 433 g/mol. The lowest BCUT2D eigenvalue weighted by molar-refractivity contribution is 0.0548. The normalized spacial score (nSPS) is 13.9. The number of anilines is 1. The quantitative estimate of drug-likeness (QED) is 0.573. The summed E-state index contributed by atoms with van der Waals surface area (Å²) in [6, 6.07) is 14.2. The van der Waals surface area contributed by atoms with Crippen molar-refractivity contribution in [3.05, 3.63) is 64.1 Å². The van der Waals surface area contributed by atoms with Gasteiger partial charge in [0.15, 0.2) is 0 Å². The molecule has 8 heteroatoms. The number of nitrogens with zero attached hydrogens (tertiary/aromatic N) is 2. The maximum absolute atomic E-state index is 13.1. The Kier molecular flexibility index (Phi) is 6.44. The molecule has 1 fully saturated rings. The van der Waals surface area contributed by atoms with E-state index in [0.29, 0.717) is 38.4 Å². The van der Waals surface area contributed by atoms with E-state index in [1.54, 1.807) is 39.5 Å². The zero-order valence-corrected chi connectivity index (χ0v) is 16.2.